The van der Waals surface area contributed by atoms with Gasteiger partial charge in [0, 0.05) is 17.8 Å². The van der Waals surface area contributed by atoms with Crippen LogP contribution >= 0.6 is 0 Å². The minimum atomic E-state index is -0.149. The molecule has 2 heterocycles. The Labute approximate surface area is 103 Å². The van der Waals surface area contributed by atoms with Crippen molar-refractivity contribution in [3.8, 4) is 0 Å². The van der Waals surface area contributed by atoms with Gasteiger partial charge in [0.1, 0.15) is 5.82 Å². The van der Waals surface area contributed by atoms with Gasteiger partial charge in [0.15, 0.2) is 0 Å². The lowest BCUT2D eigenvalue weighted by Gasteiger charge is -2.36. The fourth-order valence-electron chi connectivity index (χ4n) is 2.91. The number of H-pyrrole nitrogens is 1. The van der Waals surface area contributed by atoms with E-state index in [0.29, 0.717) is 5.92 Å². The Balaban J connectivity index is 1.72. The van der Waals surface area contributed by atoms with Gasteiger partial charge >= 0.3 is 0 Å². The number of rotatable bonds is 2. The number of imidazole rings is 1. The summed E-state index contributed by atoms with van der Waals surface area (Å²) in [5, 5.41) is 0. The van der Waals surface area contributed by atoms with E-state index in [1.165, 1.54) is 38.0 Å². The molecule has 2 fully saturated rings. The molecule has 1 aliphatic heterocycles. The second kappa shape index (κ2) is 4.10. The molecule has 0 aromatic carbocycles. The molecule has 94 valence electrons. The van der Waals surface area contributed by atoms with Crippen molar-refractivity contribution < 1.29 is 0 Å². The van der Waals surface area contributed by atoms with Crippen LogP contribution in [0, 0.1) is 0 Å². The zero-order valence-corrected chi connectivity index (χ0v) is 10.6. The average Bonchev–Trinajstić information content (AvgIpc) is 2.76. The fourth-order valence-corrected chi connectivity index (χ4v) is 2.91. The number of nitrogens with one attached hydrogen (secondary N) is 1. The normalized spacial score (nSPS) is 25.8. The van der Waals surface area contributed by atoms with Gasteiger partial charge < -0.3 is 15.6 Å². The molecule has 3 rings (SSSR count). The Kier molecular flexibility index (Phi) is 2.71. The van der Waals surface area contributed by atoms with Crippen molar-refractivity contribution >= 4 is 0 Å². The van der Waals surface area contributed by atoms with Crippen LogP contribution in [0.4, 0.5) is 0 Å². The van der Waals surface area contributed by atoms with Gasteiger partial charge in [-0.2, -0.15) is 0 Å². The highest BCUT2D eigenvalue weighted by Gasteiger charge is 2.37. The molecule has 4 heteroatoms. The molecular formula is C13H22N4. The van der Waals surface area contributed by atoms with Gasteiger partial charge in [-0.1, -0.05) is 0 Å². The number of nitrogens with two attached hydrogens (primary N) is 1. The lowest BCUT2D eigenvalue weighted by Crippen LogP contribution is -2.44. The van der Waals surface area contributed by atoms with Gasteiger partial charge in [0.25, 0.3) is 0 Å². The molecule has 0 amide bonds. The Morgan fingerprint density at radius 2 is 2.12 bits per heavy atom. The van der Waals surface area contributed by atoms with E-state index in [9.17, 15) is 0 Å². The zero-order chi connectivity index (χ0) is 11.9. The number of aromatic amines is 1. The molecule has 3 N–H and O–H groups in total. The molecule has 0 unspecified atom stereocenters. The highest BCUT2D eigenvalue weighted by atomic mass is 15.1. The monoisotopic (exact) mass is 234 g/mol. The summed E-state index contributed by atoms with van der Waals surface area (Å²) in [4.78, 5) is 10.4. The first-order valence-electron chi connectivity index (χ1n) is 6.70. The highest BCUT2D eigenvalue weighted by molar-refractivity contribution is 5.16. The van der Waals surface area contributed by atoms with Gasteiger partial charge in [-0.05, 0) is 52.2 Å². The fraction of sp³-hybridized carbons (Fsp3) is 0.769. The standard InChI is InChI=1S/C13H22N4/c1-17-7-3-10(4-8-17)11-9-15-12(16-11)13(14)5-2-6-13/h9-10H,2-8,14H2,1H3,(H,15,16). The van der Waals surface area contributed by atoms with E-state index in [0.717, 1.165) is 18.7 Å². The second-order valence-electron chi connectivity index (χ2n) is 5.77. The molecule has 1 saturated carbocycles. The van der Waals surface area contributed by atoms with Crippen LogP contribution in [0.5, 0.6) is 0 Å². The summed E-state index contributed by atoms with van der Waals surface area (Å²) in [7, 11) is 2.19. The molecule has 1 aliphatic carbocycles. The predicted octanol–water partition coefficient (Wildman–Crippen LogP) is 1.56. The SMILES string of the molecule is CN1CCC(c2cnc(C3(N)CCC3)[nH]2)CC1. The largest absolute Gasteiger partial charge is 0.344 e. The molecular weight excluding hydrogens is 212 g/mol. The molecule has 1 aromatic rings. The Morgan fingerprint density at radius 1 is 1.41 bits per heavy atom. The van der Waals surface area contributed by atoms with Crippen LogP contribution in [0.15, 0.2) is 6.20 Å². The predicted molar refractivity (Wildman–Crippen MR) is 67.8 cm³/mol. The molecule has 17 heavy (non-hydrogen) atoms. The number of aromatic nitrogens is 2. The van der Waals surface area contributed by atoms with Crippen molar-refractivity contribution in [2.45, 2.75) is 43.6 Å². The highest BCUT2D eigenvalue weighted by Crippen LogP contribution is 2.38. The summed E-state index contributed by atoms with van der Waals surface area (Å²) in [6, 6.07) is 0. The number of likely N-dealkylation sites (tertiary alicyclic amines) is 1. The third-order valence-corrected chi connectivity index (χ3v) is 4.47. The average molecular weight is 234 g/mol. The van der Waals surface area contributed by atoms with E-state index < -0.39 is 0 Å². The van der Waals surface area contributed by atoms with E-state index in [1.54, 1.807) is 0 Å². The topological polar surface area (TPSA) is 57.9 Å². The summed E-state index contributed by atoms with van der Waals surface area (Å²) in [5.74, 6) is 1.66. The van der Waals surface area contributed by atoms with Crippen molar-refractivity contribution in [2.75, 3.05) is 20.1 Å². The minimum Gasteiger partial charge on any atom is -0.344 e. The Bertz CT molecular complexity index is 386. The molecule has 0 atom stereocenters. The molecule has 4 nitrogen and oxygen atoms in total. The lowest BCUT2D eigenvalue weighted by atomic mass is 9.77. The van der Waals surface area contributed by atoms with Crippen molar-refractivity contribution in [1.82, 2.24) is 14.9 Å². The molecule has 1 saturated heterocycles. The first-order chi connectivity index (χ1) is 8.17. The zero-order valence-electron chi connectivity index (χ0n) is 10.6. The Hall–Kier alpha value is -0.870. The number of piperidine rings is 1. The summed E-state index contributed by atoms with van der Waals surface area (Å²) >= 11 is 0. The van der Waals surface area contributed by atoms with Crippen molar-refractivity contribution in [2.24, 2.45) is 5.73 Å². The van der Waals surface area contributed by atoms with Crippen molar-refractivity contribution in [3.05, 3.63) is 17.7 Å². The van der Waals surface area contributed by atoms with Crippen LogP contribution in [0.3, 0.4) is 0 Å². The number of nitrogens with zero attached hydrogens (tertiary/aromatic N) is 2. The van der Waals surface area contributed by atoms with E-state index >= 15 is 0 Å². The smallest absolute Gasteiger partial charge is 0.126 e. The van der Waals surface area contributed by atoms with Gasteiger partial charge in [0.05, 0.1) is 5.54 Å². The minimum absolute atomic E-state index is 0.149. The second-order valence-corrected chi connectivity index (χ2v) is 5.77. The van der Waals surface area contributed by atoms with Crippen molar-refractivity contribution in [3.63, 3.8) is 0 Å². The molecule has 0 spiro atoms. The summed E-state index contributed by atoms with van der Waals surface area (Å²) in [6.45, 7) is 2.37. The van der Waals surface area contributed by atoms with Gasteiger partial charge in [-0.15, -0.1) is 0 Å². The van der Waals surface area contributed by atoms with Gasteiger partial charge in [-0.25, -0.2) is 4.98 Å². The molecule has 2 aliphatic rings. The summed E-state index contributed by atoms with van der Waals surface area (Å²) in [6.07, 6.45) is 7.87. The third-order valence-electron chi connectivity index (χ3n) is 4.47. The van der Waals surface area contributed by atoms with E-state index in [4.69, 9.17) is 5.73 Å². The molecule has 0 radical (unpaired) electrons. The lowest BCUT2D eigenvalue weighted by molar-refractivity contribution is 0.237. The summed E-state index contributed by atoms with van der Waals surface area (Å²) in [5.41, 5.74) is 7.43. The quantitative estimate of drug-likeness (QED) is 0.816. The van der Waals surface area contributed by atoms with Gasteiger partial charge in [0.2, 0.25) is 0 Å². The summed E-state index contributed by atoms with van der Waals surface area (Å²) < 4.78 is 0. The maximum absolute atomic E-state index is 6.29. The van der Waals surface area contributed by atoms with Crippen molar-refractivity contribution in [1.29, 1.82) is 0 Å². The maximum atomic E-state index is 6.29. The van der Waals surface area contributed by atoms with E-state index in [2.05, 4.69) is 21.9 Å². The van der Waals surface area contributed by atoms with Crippen LogP contribution in [-0.2, 0) is 5.54 Å². The van der Waals surface area contributed by atoms with Gasteiger partial charge in [-0.3, -0.25) is 0 Å². The van der Waals surface area contributed by atoms with Crippen LogP contribution in [0.2, 0.25) is 0 Å². The molecule has 1 aromatic heterocycles. The van der Waals surface area contributed by atoms with E-state index in [1.807, 2.05) is 6.20 Å². The Morgan fingerprint density at radius 3 is 2.71 bits per heavy atom. The number of hydrogen-bond donors (Lipinski definition) is 2. The van der Waals surface area contributed by atoms with E-state index in [-0.39, 0.29) is 5.54 Å². The molecule has 0 bridgehead atoms. The van der Waals surface area contributed by atoms with Crippen LogP contribution in [-0.4, -0.2) is 35.0 Å². The first kappa shape index (κ1) is 11.2. The van der Waals surface area contributed by atoms with Crippen LogP contribution in [0.25, 0.3) is 0 Å². The first-order valence-corrected chi connectivity index (χ1v) is 6.70. The van der Waals surface area contributed by atoms with Crippen LogP contribution < -0.4 is 5.73 Å². The van der Waals surface area contributed by atoms with Crippen LogP contribution in [0.1, 0.15) is 49.5 Å². The third kappa shape index (κ3) is 2.00. The maximum Gasteiger partial charge on any atom is 0.126 e. The number of hydrogen-bond acceptors (Lipinski definition) is 3.